The van der Waals surface area contributed by atoms with Crippen molar-refractivity contribution in [3.8, 4) is 11.8 Å². The number of fused-ring (bicyclic) bond motifs is 1. The molecule has 2 aliphatic heterocycles. The number of ether oxygens (including phenoxy) is 1. The first kappa shape index (κ1) is 32.7. The van der Waals surface area contributed by atoms with Crippen molar-refractivity contribution >= 4 is 33.7 Å². The molecule has 3 radical (unpaired) electrons. The second-order valence-corrected chi connectivity index (χ2v) is 12.5. The smallest absolute Gasteiger partial charge is 0.303 e. The third kappa shape index (κ3) is 6.61. The van der Waals surface area contributed by atoms with Crippen LogP contribution in [0, 0.1) is 23.1 Å². The van der Waals surface area contributed by atoms with Crippen LogP contribution >= 0.6 is 0 Å². The number of piperidine rings is 1. The molecule has 12 heteroatoms. The van der Waals surface area contributed by atoms with Gasteiger partial charge in [-0.25, -0.2) is 4.39 Å². The van der Waals surface area contributed by atoms with Crippen molar-refractivity contribution in [1.29, 1.82) is 5.26 Å². The number of amides is 2. The highest BCUT2D eigenvalue weighted by atomic mass is 28.1. The predicted octanol–water partition coefficient (Wildman–Crippen LogP) is 3.62. The van der Waals surface area contributed by atoms with Crippen molar-refractivity contribution in [2.45, 2.75) is 50.0 Å². The lowest BCUT2D eigenvalue weighted by atomic mass is 9.85. The van der Waals surface area contributed by atoms with Gasteiger partial charge in [-0.3, -0.25) is 14.4 Å². The molecule has 2 heterocycles. The van der Waals surface area contributed by atoms with Crippen molar-refractivity contribution in [3.05, 3.63) is 94.3 Å². The average Bonchev–Trinajstić information content (AvgIpc) is 3.41. The highest BCUT2D eigenvalue weighted by Gasteiger charge is 2.45. The molecule has 2 atom stereocenters. The van der Waals surface area contributed by atoms with Gasteiger partial charge in [-0.05, 0) is 73.7 Å². The third-order valence-electron chi connectivity index (χ3n) is 8.97. The molecule has 3 aromatic rings. The van der Waals surface area contributed by atoms with Crippen LogP contribution in [0.2, 0.25) is 0 Å². The standard InChI is InChI=1S/C34H35FN5O5Si/c1-38-31(24-12-15-39(16-13-24)28-10-7-22(18-36)17-27(28)35)23-8-5-21(6-9-23)20-45-29-4-2-3-25-26(29)19-40(32(25)43)34(46,33(37)44)14-11-30(41)42/h2-10,17,24,31,38H,11-16,19-20H2,1H3,(H2,37,44)(H,41,42)/t31?,34-/m0/s1. The number of nitriles is 1. The first-order chi connectivity index (χ1) is 22.0. The molecule has 2 amide bonds. The molecule has 5 rings (SSSR count). The topological polar surface area (TPSA) is 149 Å². The highest BCUT2D eigenvalue weighted by Crippen LogP contribution is 2.37. The second-order valence-electron chi connectivity index (χ2n) is 11.7. The molecule has 10 nitrogen and oxygen atoms in total. The van der Waals surface area contributed by atoms with E-state index in [1.807, 2.05) is 30.1 Å². The summed E-state index contributed by atoms with van der Waals surface area (Å²) in [4.78, 5) is 40.1. The Morgan fingerprint density at radius 1 is 1.20 bits per heavy atom. The first-order valence-corrected chi connectivity index (χ1v) is 15.6. The van der Waals surface area contributed by atoms with Crippen LogP contribution in [0.1, 0.15) is 64.3 Å². The minimum atomic E-state index is -1.65. The number of nitrogens with zero attached hydrogens (tertiary/aromatic N) is 3. The number of carboxylic acid groups (broad SMARTS) is 1. The highest BCUT2D eigenvalue weighted by molar-refractivity contribution is 6.30. The summed E-state index contributed by atoms with van der Waals surface area (Å²) in [5.41, 5.74) is 9.49. The number of carbonyl (C=O) groups is 3. The lowest BCUT2D eigenvalue weighted by Gasteiger charge is -2.37. The van der Waals surface area contributed by atoms with Gasteiger partial charge >= 0.3 is 5.97 Å². The van der Waals surface area contributed by atoms with Crippen LogP contribution in [-0.2, 0) is 22.7 Å². The molecule has 0 aliphatic carbocycles. The zero-order chi connectivity index (χ0) is 33.0. The van der Waals surface area contributed by atoms with Gasteiger partial charge in [-0.15, -0.1) is 0 Å². The predicted molar refractivity (Wildman–Crippen MR) is 169 cm³/mol. The minimum absolute atomic E-state index is 0.0375. The fourth-order valence-electron chi connectivity index (χ4n) is 6.39. The van der Waals surface area contributed by atoms with Gasteiger partial charge in [0.2, 0.25) is 5.91 Å². The molecule has 1 unspecified atom stereocenters. The number of hydrogen-bond acceptors (Lipinski definition) is 7. The van der Waals surface area contributed by atoms with Crippen LogP contribution in [0.4, 0.5) is 10.1 Å². The number of benzene rings is 3. The Kier molecular flexibility index (Phi) is 9.74. The number of halogens is 1. The lowest BCUT2D eigenvalue weighted by molar-refractivity contribution is -0.137. The van der Waals surface area contributed by atoms with Crippen molar-refractivity contribution in [3.63, 3.8) is 0 Å². The molecule has 0 saturated carbocycles. The van der Waals surface area contributed by atoms with E-state index in [0.29, 0.717) is 47.1 Å². The molecule has 237 valence electrons. The Bertz CT molecular complexity index is 1670. The Morgan fingerprint density at radius 3 is 2.52 bits per heavy atom. The third-order valence-corrected chi connectivity index (χ3v) is 9.73. The fraction of sp³-hybridized carbons (Fsp3) is 0.353. The zero-order valence-electron chi connectivity index (χ0n) is 25.5. The van der Waals surface area contributed by atoms with Crippen molar-refractivity contribution in [1.82, 2.24) is 10.2 Å². The number of carboxylic acids is 1. The number of nitrogens with two attached hydrogens (primary N) is 1. The quantitative estimate of drug-likeness (QED) is 0.254. The number of anilines is 1. The van der Waals surface area contributed by atoms with Crippen LogP contribution < -0.4 is 20.7 Å². The van der Waals surface area contributed by atoms with Crippen molar-refractivity contribution in [2.75, 3.05) is 25.0 Å². The fourth-order valence-corrected chi connectivity index (χ4v) is 6.70. The number of carbonyl (C=O) groups excluding carboxylic acids is 2. The van der Waals surface area contributed by atoms with Gasteiger partial charge in [0, 0.05) is 36.7 Å². The normalized spacial score (nSPS) is 16.8. The van der Waals surface area contributed by atoms with E-state index in [0.717, 1.165) is 24.0 Å². The summed E-state index contributed by atoms with van der Waals surface area (Å²) in [5.74, 6) is -1.91. The van der Waals surface area contributed by atoms with Gasteiger partial charge in [0.05, 0.1) is 34.1 Å². The maximum absolute atomic E-state index is 14.6. The molecular formula is C34H35FN5O5Si. The lowest BCUT2D eigenvalue weighted by Crippen LogP contribution is -2.58. The molecule has 4 N–H and O–H groups in total. The van der Waals surface area contributed by atoms with Crippen molar-refractivity contribution in [2.24, 2.45) is 11.7 Å². The van der Waals surface area contributed by atoms with E-state index in [-0.39, 0.29) is 37.9 Å². The summed E-state index contributed by atoms with van der Waals surface area (Å²) in [6, 6.07) is 20.0. The first-order valence-electron chi connectivity index (χ1n) is 15.1. The number of aliphatic carboxylic acids is 1. The summed E-state index contributed by atoms with van der Waals surface area (Å²) < 4.78 is 20.7. The van der Waals surface area contributed by atoms with Gasteiger partial charge in [-0.1, -0.05) is 30.3 Å². The number of rotatable bonds is 12. The molecule has 2 aliphatic rings. The molecule has 46 heavy (non-hydrogen) atoms. The average molecular weight is 641 g/mol. The molecule has 1 fully saturated rings. The van der Waals surface area contributed by atoms with Crippen molar-refractivity contribution < 1.29 is 28.6 Å². The van der Waals surface area contributed by atoms with Gasteiger partial charge < -0.3 is 30.7 Å². The molecule has 0 bridgehead atoms. The summed E-state index contributed by atoms with van der Waals surface area (Å²) in [5, 5.41) is 20.0. The van der Waals surface area contributed by atoms with Crippen LogP contribution in [0.3, 0.4) is 0 Å². The molecule has 0 aromatic heterocycles. The Balaban J connectivity index is 1.21. The maximum atomic E-state index is 14.6. The van der Waals surface area contributed by atoms with Crippen LogP contribution in [0.25, 0.3) is 0 Å². The van der Waals surface area contributed by atoms with Crippen LogP contribution in [0.15, 0.2) is 60.7 Å². The van der Waals surface area contributed by atoms with E-state index in [9.17, 15) is 18.8 Å². The molecular weight excluding hydrogens is 605 g/mol. The molecule has 0 spiro atoms. The van der Waals surface area contributed by atoms with E-state index in [2.05, 4.69) is 27.7 Å². The van der Waals surface area contributed by atoms with Gasteiger partial charge in [0.15, 0.2) is 0 Å². The van der Waals surface area contributed by atoms with Gasteiger partial charge in [0.25, 0.3) is 5.91 Å². The van der Waals surface area contributed by atoms with Crippen LogP contribution in [-0.4, -0.2) is 63.3 Å². The maximum Gasteiger partial charge on any atom is 0.303 e. The Labute approximate surface area is 270 Å². The number of primary amides is 1. The Hall–Kier alpha value is -4.73. The zero-order valence-corrected chi connectivity index (χ0v) is 26.5. The minimum Gasteiger partial charge on any atom is -0.489 e. The monoisotopic (exact) mass is 640 g/mol. The molecule has 3 aromatic carbocycles. The summed E-state index contributed by atoms with van der Waals surface area (Å²) >= 11 is 0. The van der Waals surface area contributed by atoms with Gasteiger partial charge in [-0.2, -0.15) is 5.26 Å². The van der Waals surface area contributed by atoms with Crippen LogP contribution in [0.5, 0.6) is 5.75 Å². The Morgan fingerprint density at radius 2 is 1.91 bits per heavy atom. The summed E-state index contributed by atoms with van der Waals surface area (Å²) in [7, 11) is 5.28. The second kappa shape index (κ2) is 13.7. The summed E-state index contributed by atoms with van der Waals surface area (Å²) in [6.07, 6.45) is 1.23. The largest absolute Gasteiger partial charge is 0.489 e. The number of hydrogen-bond donors (Lipinski definition) is 3. The number of nitrogens with one attached hydrogen (secondary N) is 1. The molecule has 1 saturated heterocycles. The van der Waals surface area contributed by atoms with E-state index in [1.165, 1.54) is 11.0 Å². The van der Waals surface area contributed by atoms with E-state index in [4.69, 9.17) is 20.8 Å². The van der Waals surface area contributed by atoms with E-state index >= 15 is 0 Å². The van der Waals surface area contributed by atoms with E-state index < -0.39 is 22.9 Å². The van der Waals surface area contributed by atoms with Gasteiger partial charge in [0.1, 0.15) is 23.3 Å². The SMILES string of the molecule is CNC(c1ccc(COc2cccc3c2CN([C@]([Si])(CCC(=O)O)C(N)=O)C3=O)cc1)C1CCN(c2ccc(C#N)cc2F)CC1. The van der Waals surface area contributed by atoms with E-state index in [1.54, 1.807) is 30.3 Å². The summed E-state index contributed by atoms with van der Waals surface area (Å²) in [6.45, 7) is 1.72.